The van der Waals surface area contributed by atoms with E-state index < -0.39 is 17.5 Å². The van der Waals surface area contributed by atoms with Crippen LogP contribution in [0.1, 0.15) is 11.1 Å². The van der Waals surface area contributed by atoms with Crippen LogP contribution in [0.25, 0.3) is 17.0 Å². The maximum atomic E-state index is 11.7. The molecule has 26 heavy (non-hydrogen) atoms. The quantitative estimate of drug-likeness (QED) is 0.734. The van der Waals surface area contributed by atoms with E-state index in [0.29, 0.717) is 5.52 Å². The van der Waals surface area contributed by atoms with Gasteiger partial charge in [-0.3, -0.25) is 4.98 Å². The van der Waals surface area contributed by atoms with E-state index in [-0.39, 0.29) is 18.5 Å². The van der Waals surface area contributed by atoms with Gasteiger partial charge in [-0.2, -0.15) is 0 Å². The smallest absolute Gasteiger partial charge is 0.419 e. The van der Waals surface area contributed by atoms with E-state index in [1.54, 1.807) is 30.4 Å². The van der Waals surface area contributed by atoms with Crippen molar-refractivity contribution in [3.8, 4) is 0 Å². The molecule has 7 heteroatoms. The molecule has 3 aromatic rings. The Morgan fingerprint density at radius 3 is 2.77 bits per heavy atom. The second kappa shape index (κ2) is 7.98. The highest BCUT2D eigenvalue weighted by Crippen LogP contribution is 2.10. The maximum absolute atomic E-state index is 11.7. The molecule has 0 aliphatic heterocycles. The van der Waals surface area contributed by atoms with Crippen LogP contribution in [0.4, 0.5) is 4.79 Å². The van der Waals surface area contributed by atoms with Crippen LogP contribution in [0.15, 0.2) is 68.6 Å². The zero-order valence-corrected chi connectivity index (χ0v) is 13.7. The lowest BCUT2D eigenvalue weighted by Gasteiger charge is -2.05. The fourth-order valence-electron chi connectivity index (χ4n) is 2.33. The molecule has 1 heterocycles. The van der Waals surface area contributed by atoms with Gasteiger partial charge in [0.1, 0.15) is 6.61 Å². The first-order valence-electron chi connectivity index (χ1n) is 7.90. The fourth-order valence-corrected chi connectivity index (χ4v) is 2.33. The Bertz CT molecular complexity index is 1050. The zero-order chi connectivity index (χ0) is 18.4. The molecule has 0 unspecified atom stereocenters. The highest BCUT2D eigenvalue weighted by molar-refractivity contribution is 5.79. The Labute approximate surface area is 147 Å². The summed E-state index contributed by atoms with van der Waals surface area (Å²) in [5, 5.41) is 2.88. The molecule has 1 aromatic heterocycles. The van der Waals surface area contributed by atoms with Gasteiger partial charge in [0, 0.05) is 6.54 Å². The van der Waals surface area contributed by atoms with Crippen LogP contribution >= 0.6 is 0 Å². The number of carbonyl (C=O) groups is 1. The number of ether oxygens (including phenoxy) is 1. The highest BCUT2D eigenvalue weighted by atomic mass is 16.5. The van der Waals surface area contributed by atoms with E-state index in [4.69, 9.17) is 4.74 Å². The van der Waals surface area contributed by atoms with Crippen molar-refractivity contribution in [2.45, 2.75) is 6.61 Å². The summed E-state index contributed by atoms with van der Waals surface area (Å²) >= 11 is 0. The van der Waals surface area contributed by atoms with Gasteiger partial charge in [-0.05, 0) is 23.3 Å². The molecule has 132 valence electrons. The summed E-state index contributed by atoms with van der Waals surface area (Å²) in [4.78, 5) is 36.9. The fraction of sp³-hybridized carbons (Fsp3) is 0.105. The Balaban J connectivity index is 1.54. The molecule has 0 saturated heterocycles. The topological polar surface area (TPSA) is 101 Å². The lowest BCUT2D eigenvalue weighted by atomic mass is 10.1. The van der Waals surface area contributed by atoms with Crippen LogP contribution in [0.2, 0.25) is 0 Å². The molecule has 0 atom stereocenters. The Morgan fingerprint density at radius 2 is 1.96 bits per heavy atom. The zero-order valence-electron chi connectivity index (χ0n) is 13.7. The van der Waals surface area contributed by atoms with E-state index in [0.717, 1.165) is 11.1 Å². The highest BCUT2D eigenvalue weighted by Gasteiger charge is 2.03. The molecule has 0 spiro atoms. The molecule has 2 N–H and O–H groups in total. The summed E-state index contributed by atoms with van der Waals surface area (Å²) in [5.41, 5.74) is 1.36. The molecule has 0 radical (unpaired) electrons. The third kappa shape index (κ3) is 4.47. The normalized spacial score (nSPS) is 10.9. The van der Waals surface area contributed by atoms with Gasteiger partial charge in [0.25, 0.3) is 0 Å². The van der Waals surface area contributed by atoms with Crippen molar-refractivity contribution >= 4 is 23.1 Å². The van der Waals surface area contributed by atoms with Crippen LogP contribution in [-0.4, -0.2) is 17.6 Å². The maximum Gasteiger partial charge on any atom is 0.419 e. The Morgan fingerprint density at radius 1 is 1.15 bits per heavy atom. The first-order valence-corrected chi connectivity index (χ1v) is 7.90. The molecule has 0 aliphatic rings. The molecule has 1 amide bonds. The standard InChI is InChI=1S/C19H16N2O5/c22-17-15-11-13(8-9-16(15)21-19(24)26-17)7-4-10-20-18(23)25-12-14-5-2-1-3-6-14/h1-9,11H,10,12H2,(H,20,23)(H,21,24). The van der Waals surface area contributed by atoms with Crippen molar-refractivity contribution in [3.05, 3.63) is 86.7 Å². The van der Waals surface area contributed by atoms with E-state index in [1.165, 1.54) is 0 Å². The summed E-state index contributed by atoms with van der Waals surface area (Å²) < 4.78 is 9.60. The number of rotatable bonds is 5. The lowest BCUT2D eigenvalue weighted by Crippen LogP contribution is -2.24. The van der Waals surface area contributed by atoms with Gasteiger partial charge in [0.05, 0.1) is 10.9 Å². The molecular weight excluding hydrogens is 336 g/mol. The molecule has 0 bridgehead atoms. The number of aromatic nitrogens is 1. The Kier molecular flexibility index (Phi) is 5.28. The predicted octanol–water partition coefficient (Wildman–Crippen LogP) is 2.42. The number of alkyl carbamates (subject to hydrolysis) is 1. The van der Waals surface area contributed by atoms with E-state index in [1.807, 2.05) is 30.3 Å². The molecule has 2 aromatic carbocycles. The third-order valence-corrected chi connectivity index (χ3v) is 3.57. The Hall–Kier alpha value is -3.61. The van der Waals surface area contributed by atoms with Crippen LogP contribution in [-0.2, 0) is 11.3 Å². The molecule has 0 saturated carbocycles. The number of fused-ring (bicyclic) bond motifs is 1. The summed E-state index contributed by atoms with van der Waals surface area (Å²) in [5.74, 6) is -0.788. The predicted molar refractivity (Wildman–Crippen MR) is 96.8 cm³/mol. The monoisotopic (exact) mass is 352 g/mol. The summed E-state index contributed by atoms with van der Waals surface area (Å²) in [7, 11) is 0. The van der Waals surface area contributed by atoms with Crippen molar-refractivity contribution in [1.82, 2.24) is 10.3 Å². The minimum Gasteiger partial charge on any atom is -0.445 e. The van der Waals surface area contributed by atoms with Crippen molar-refractivity contribution in [1.29, 1.82) is 0 Å². The minimum atomic E-state index is -0.788. The van der Waals surface area contributed by atoms with Crippen molar-refractivity contribution in [2.75, 3.05) is 6.54 Å². The van der Waals surface area contributed by atoms with Crippen LogP contribution in [0.5, 0.6) is 0 Å². The van der Waals surface area contributed by atoms with Crippen molar-refractivity contribution in [2.24, 2.45) is 0 Å². The van der Waals surface area contributed by atoms with Crippen molar-refractivity contribution in [3.63, 3.8) is 0 Å². The SMILES string of the molecule is O=C(NCC=Cc1ccc2[nH]c(=O)oc(=O)c2c1)OCc1ccccc1. The number of carbonyl (C=O) groups excluding carboxylic acids is 1. The summed E-state index contributed by atoms with van der Waals surface area (Å²) in [6, 6.07) is 14.3. The van der Waals surface area contributed by atoms with Gasteiger partial charge in [-0.25, -0.2) is 14.4 Å². The van der Waals surface area contributed by atoms with Gasteiger partial charge in [0.2, 0.25) is 0 Å². The molecule has 0 fully saturated rings. The second-order valence-electron chi connectivity index (χ2n) is 5.45. The summed E-state index contributed by atoms with van der Waals surface area (Å²) in [6.07, 6.45) is 2.94. The van der Waals surface area contributed by atoms with Gasteiger partial charge >= 0.3 is 17.5 Å². The molecule has 0 aliphatic carbocycles. The number of nitrogens with one attached hydrogen (secondary N) is 2. The van der Waals surface area contributed by atoms with Crippen LogP contribution in [0.3, 0.4) is 0 Å². The first-order chi connectivity index (χ1) is 12.6. The van der Waals surface area contributed by atoms with Crippen LogP contribution < -0.4 is 16.7 Å². The summed E-state index contributed by atoms with van der Waals surface area (Å²) in [6.45, 7) is 0.473. The largest absolute Gasteiger partial charge is 0.445 e. The molecule has 3 rings (SSSR count). The van der Waals surface area contributed by atoms with Gasteiger partial charge < -0.3 is 14.5 Å². The second-order valence-corrected chi connectivity index (χ2v) is 5.45. The van der Waals surface area contributed by atoms with Crippen LogP contribution in [0, 0.1) is 0 Å². The number of hydrogen-bond donors (Lipinski definition) is 2. The molecule has 7 nitrogen and oxygen atoms in total. The number of H-pyrrole nitrogens is 1. The van der Waals surface area contributed by atoms with E-state index in [2.05, 4.69) is 14.7 Å². The van der Waals surface area contributed by atoms with E-state index in [9.17, 15) is 14.4 Å². The lowest BCUT2D eigenvalue weighted by molar-refractivity contribution is 0.141. The van der Waals surface area contributed by atoms with Crippen molar-refractivity contribution < 1.29 is 13.9 Å². The number of aromatic amines is 1. The average molecular weight is 352 g/mol. The van der Waals surface area contributed by atoms with Gasteiger partial charge in [0.15, 0.2) is 0 Å². The first kappa shape index (κ1) is 17.2. The minimum absolute atomic E-state index is 0.203. The number of benzene rings is 2. The van der Waals surface area contributed by atoms with Gasteiger partial charge in [-0.1, -0.05) is 48.6 Å². The number of amides is 1. The van der Waals surface area contributed by atoms with E-state index >= 15 is 0 Å². The third-order valence-electron chi connectivity index (χ3n) is 3.57. The average Bonchev–Trinajstić information content (AvgIpc) is 2.64. The number of hydrogen-bond acceptors (Lipinski definition) is 5. The van der Waals surface area contributed by atoms with Gasteiger partial charge in [-0.15, -0.1) is 0 Å². The molecular formula is C19H16N2O5.